The maximum absolute atomic E-state index is 12.5. The van der Waals surface area contributed by atoms with Crippen molar-refractivity contribution in [2.24, 2.45) is 5.92 Å². The lowest BCUT2D eigenvalue weighted by molar-refractivity contribution is -0.133. The molecule has 0 unspecified atom stereocenters. The van der Waals surface area contributed by atoms with Gasteiger partial charge in [0, 0.05) is 24.0 Å². The van der Waals surface area contributed by atoms with Crippen LogP contribution in [0, 0.1) is 5.92 Å². The quantitative estimate of drug-likeness (QED) is 0.880. The second-order valence-electron chi connectivity index (χ2n) is 6.03. The number of hydrogen-bond donors (Lipinski definition) is 1. The number of hydrogen-bond acceptors (Lipinski definition) is 2. The number of halogens is 1. The summed E-state index contributed by atoms with van der Waals surface area (Å²) >= 11 is 3.58. The van der Waals surface area contributed by atoms with E-state index in [9.17, 15) is 4.79 Å². The summed E-state index contributed by atoms with van der Waals surface area (Å²) in [6.07, 6.45) is 2.95. The minimum absolute atomic E-state index is 0.248. The largest absolute Gasteiger partial charge is 0.342 e. The van der Waals surface area contributed by atoms with E-state index in [-0.39, 0.29) is 5.92 Å². The van der Waals surface area contributed by atoms with Crippen molar-refractivity contribution in [3.05, 3.63) is 34.3 Å². The highest BCUT2D eigenvalue weighted by atomic mass is 79.9. The lowest BCUT2D eigenvalue weighted by Gasteiger charge is -2.33. The van der Waals surface area contributed by atoms with Gasteiger partial charge in [-0.3, -0.25) is 4.79 Å². The topological polar surface area (TPSA) is 32.3 Å². The smallest absolute Gasteiger partial charge is 0.223 e. The van der Waals surface area contributed by atoms with Crippen LogP contribution < -0.4 is 5.32 Å². The molecule has 0 aromatic heterocycles. The zero-order valence-electron chi connectivity index (χ0n) is 12.9. The van der Waals surface area contributed by atoms with E-state index in [0.717, 1.165) is 30.5 Å². The van der Waals surface area contributed by atoms with Crippen LogP contribution in [-0.2, 0) is 4.79 Å². The van der Waals surface area contributed by atoms with Gasteiger partial charge in [0.2, 0.25) is 5.91 Å². The van der Waals surface area contributed by atoms with E-state index in [0.29, 0.717) is 18.2 Å². The highest BCUT2D eigenvalue weighted by Crippen LogP contribution is 2.28. The number of carbonyl (C=O) groups is 1. The van der Waals surface area contributed by atoms with Crippen molar-refractivity contribution in [3.8, 4) is 0 Å². The monoisotopic (exact) mass is 352 g/mol. The van der Waals surface area contributed by atoms with E-state index in [4.69, 9.17) is 0 Å². The van der Waals surface area contributed by atoms with Gasteiger partial charge >= 0.3 is 0 Å². The Labute approximate surface area is 136 Å². The Morgan fingerprint density at radius 3 is 2.95 bits per heavy atom. The lowest BCUT2D eigenvalue weighted by atomic mass is 9.94. The van der Waals surface area contributed by atoms with Crippen molar-refractivity contribution in [2.45, 2.75) is 32.1 Å². The molecular formula is C17H25BrN2O. The van der Waals surface area contributed by atoms with Gasteiger partial charge < -0.3 is 10.2 Å². The Balaban J connectivity index is 1.93. The molecule has 3 nitrogen and oxygen atoms in total. The van der Waals surface area contributed by atoms with Crippen LogP contribution in [0.1, 0.15) is 37.7 Å². The molecule has 1 aliphatic heterocycles. The number of nitrogens with one attached hydrogen (secondary N) is 1. The first-order valence-corrected chi connectivity index (χ1v) is 8.58. The molecule has 1 N–H and O–H groups in total. The molecule has 4 heteroatoms. The van der Waals surface area contributed by atoms with Crippen LogP contribution >= 0.6 is 15.9 Å². The third-order valence-electron chi connectivity index (χ3n) is 4.28. The fraction of sp³-hybridized carbons (Fsp3) is 0.588. The summed E-state index contributed by atoms with van der Waals surface area (Å²) in [6, 6.07) is 8.18. The number of piperidine rings is 1. The summed E-state index contributed by atoms with van der Waals surface area (Å²) in [6.45, 7) is 4.96. The summed E-state index contributed by atoms with van der Waals surface area (Å²) in [4.78, 5) is 14.6. The molecule has 1 aromatic carbocycles. The summed E-state index contributed by atoms with van der Waals surface area (Å²) in [7, 11) is 1.98. The SMILES string of the molecule is CNC[C@H]1CCCN(C(=O)C[C@@H](C)c2ccccc2Br)C1. The first kappa shape index (κ1) is 16.5. The number of likely N-dealkylation sites (tertiary alicyclic amines) is 1. The van der Waals surface area contributed by atoms with Crippen LogP contribution in [0.15, 0.2) is 28.7 Å². The van der Waals surface area contributed by atoms with Gasteiger partial charge in [-0.1, -0.05) is 41.1 Å². The second-order valence-corrected chi connectivity index (χ2v) is 6.89. The van der Waals surface area contributed by atoms with Gasteiger partial charge in [-0.2, -0.15) is 0 Å². The number of carbonyl (C=O) groups excluding carboxylic acids is 1. The summed E-state index contributed by atoms with van der Waals surface area (Å²) in [5.41, 5.74) is 1.22. The number of amides is 1. The molecule has 0 bridgehead atoms. The fourth-order valence-corrected chi connectivity index (χ4v) is 3.80. The highest BCUT2D eigenvalue weighted by Gasteiger charge is 2.24. The van der Waals surface area contributed by atoms with E-state index in [1.807, 2.05) is 25.2 Å². The highest BCUT2D eigenvalue weighted by molar-refractivity contribution is 9.10. The predicted octanol–water partition coefficient (Wildman–Crippen LogP) is 3.40. The lowest BCUT2D eigenvalue weighted by Crippen LogP contribution is -2.42. The Morgan fingerprint density at radius 1 is 1.48 bits per heavy atom. The molecule has 1 amide bonds. The van der Waals surface area contributed by atoms with Crippen molar-refractivity contribution in [3.63, 3.8) is 0 Å². The van der Waals surface area contributed by atoms with Crippen LogP contribution in [0.5, 0.6) is 0 Å². The average molecular weight is 353 g/mol. The van der Waals surface area contributed by atoms with Crippen LogP contribution in [0.25, 0.3) is 0 Å². The van der Waals surface area contributed by atoms with Gasteiger partial charge in [0.1, 0.15) is 0 Å². The number of benzene rings is 1. The third kappa shape index (κ3) is 4.55. The predicted molar refractivity (Wildman–Crippen MR) is 90.4 cm³/mol. The molecular weight excluding hydrogens is 328 g/mol. The first-order chi connectivity index (χ1) is 10.1. The number of rotatable bonds is 5. The molecule has 1 aromatic rings. The Kier molecular flexibility index (Phi) is 6.24. The number of nitrogens with zero attached hydrogens (tertiary/aromatic N) is 1. The van der Waals surface area contributed by atoms with E-state index >= 15 is 0 Å². The average Bonchev–Trinajstić information content (AvgIpc) is 2.48. The molecule has 1 aliphatic rings. The van der Waals surface area contributed by atoms with Crippen LogP contribution in [0.2, 0.25) is 0 Å². The van der Waals surface area contributed by atoms with Crippen LogP contribution in [0.4, 0.5) is 0 Å². The molecule has 116 valence electrons. The molecule has 21 heavy (non-hydrogen) atoms. The molecule has 2 rings (SSSR count). The molecule has 1 heterocycles. The third-order valence-corrected chi connectivity index (χ3v) is 5.00. The summed E-state index contributed by atoms with van der Waals surface area (Å²) in [5.74, 6) is 1.14. The molecule has 2 atom stereocenters. The first-order valence-electron chi connectivity index (χ1n) is 7.78. The standard InChI is InChI=1S/C17H25BrN2O/c1-13(15-7-3-4-8-16(15)18)10-17(21)20-9-5-6-14(12-20)11-19-2/h3-4,7-8,13-14,19H,5-6,9-12H2,1-2H3/t13-,14-/m1/s1. The Morgan fingerprint density at radius 2 is 2.24 bits per heavy atom. The van der Waals surface area contributed by atoms with Crippen molar-refractivity contribution in [1.82, 2.24) is 10.2 Å². The summed E-state index contributed by atoms with van der Waals surface area (Å²) < 4.78 is 1.09. The molecule has 0 saturated carbocycles. The molecule has 0 aliphatic carbocycles. The van der Waals surface area contributed by atoms with Gasteiger partial charge in [-0.15, -0.1) is 0 Å². The maximum Gasteiger partial charge on any atom is 0.223 e. The van der Waals surface area contributed by atoms with Crippen molar-refractivity contribution >= 4 is 21.8 Å². The minimum Gasteiger partial charge on any atom is -0.342 e. The molecule has 0 spiro atoms. The van der Waals surface area contributed by atoms with E-state index in [1.165, 1.54) is 12.0 Å². The Hall–Kier alpha value is -0.870. The van der Waals surface area contributed by atoms with Gasteiger partial charge in [0.05, 0.1) is 0 Å². The normalized spacial score (nSPS) is 20.3. The van der Waals surface area contributed by atoms with E-state index < -0.39 is 0 Å². The maximum atomic E-state index is 12.5. The van der Waals surface area contributed by atoms with Gasteiger partial charge in [0.25, 0.3) is 0 Å². The zero-order valence-corrected chi connectivity index (χ0v) is 14.5. The van der Waals surface area contributed by atoms with Gasteiger partial charge in [0.15, 0.2) is 0 Å². The molecule has 1 saturated heterocycles. The minimum atomic E-state index is 0.248. The molecule has 0 radical (unpaired) electrons. The fourth-order valence-electron chi connectivity index (χ4n) is 3.12. The van der Waals surface area contributed by atoms with E-state index in [2.05, 4.69) is 39.1 Å². The van der Waals surface area contributed by atoms with Crippen molar-refractivity contribution < 1.29 is 4.79 Å². The van der Waals surface area contributed by atoms with Gasteiger partial charge in [-0.05, 0) is 49.9 Å². The van der Waals surface area contributed by atoms with E-state index in [1.54, 1.807) is 0 Å². The van der Waals surface area contributed by atoms with Crippen molar-refractivity contribution in [2.75, 3.05) is 26.7 Å². The summed E-state index contributed by atoms with van der Waals surface area (Å²) in [5, 5.41) is 3.23. The van der Waals surface area contributed by atoms with Gasteiger partial charge in [-0.25, -0.2) is 0 Å². The zero-order chi connectivity index (χ0) is 15.2. The van der Waals surface area contributed by atoms with Crippen LogP contribution in [-0.4, -0.2) is 37.5 Å². The van der Waals surface area contributed by atoms with Crippen LogP contribution in [0.3, 0.4) is 0 Å². The molecule has 1 fully saturated rings. The second kappa shape index (κ2) is 7.95. The Bertz CT molecular complexity index is 476. The van der Waals surface area contributed by atoms with Crippen molar-refractivity contribution in [1.29, 1.82) is 0 Å².